The van der Waals surface area contributed by atoms with E-state index in [1.54, 1.807) is 0 Å². The number of halogens is 1. The van der Waals surface area contributed by atoms with Gasteiger partial charge < -0.3 is 20.3 Å². The van der Waals surface area contributed by atoms with E-state index in [0.29, 0.717) is 0 Å². The van der Waals surface area contributed by atoms with E-state index in [1.807, 2.05) is 24.3 Å². The molecule has 0 spiro atoms. The summed E-state index contributed by atoms with van der Waals surface area (Å²) in [6, 6.07) is 7.68. The van der Waals surface area contributed by atoms with Crippen LogP contribution in [-0.4, -0.2) is 42.8 Å². The number of morpholine rings is 1. The Morgan fingerprint density at radius 2 is 1.92 bits per heavy atom. The highest BCUT2D eigenvalue weighted by Gasteiger charge is 2.21. The summed E-state index contributed by atoms with van der Waals surface area (Å²) >= 11 is 5.98. The summed E-state index contributed by atoms with van der Waals surface area (Å²) in [4.78, 5) is 11.8. The van der Waals surface area contributed by atoms with Gasteiger partial charge in [-0.1, -0.05) is 11.6 Å². The molecule has 0 bridgehead atoms. The molecule has 0 atom stereocenters. The SMILES string of the molecule is Clc1ccc(Nc2nc(N3CCOCC3)nc3c2CCNC3)cc1. The van der Waals surface area contributed by atoms with Crippen molar-refractivity contribution in [3.8, 4) is 0 Å². The number of aromatic nitrogens is 2. The summed E-state index contributed by atoms with van der Waals surface area (Å²) in [5.41, 5.74) is 3.25. The van der Waals surface area contributed by atoms with E-state index in [4.69, 9.17) is 26.3 Å². The summed E-state index contributed by atoms with van der Waals surface area (Å²) < 4.78 is 5.43. The van der Waals surface area contributed by atoms with E-state index < -0.39 is 0 Å². The molecular formula is C17H20ClN5O. The predicted molar refractivity (Wildman–Crippen MR) is 95.2 cm³/mol. The Hall–Kier alpha value is -1.89. The van der Waals surface area contributed by atoms with Gasteiger partial charge in [-0.15, -0.1) is 0 Å². The van der Waals surface area contributed by atoms with Crippen LogP contribution in [0.4, 0.5) is 17.5 Å². The number of rotatable bonds is 3. The zero-order chi connectivity index (χ0) is 16.4. The normalized spacial score (nSPS) is 17.5. The standard InChI is InChI=1S/C17H20ClN5O/c18-12-1-3-13(4-2-12)20-16-14-5-6-19-11-15(14)21-17(22-16)23-7-9-24-10-8-23/h1-4,19H,5-11H2,(H,20,21,22). The molecule has 0 unspecified atom stereocenters. The number of ether oxygens (including phenoxy) is 1. The first kappa shape index (κ1) is 15.6. The van der Waals surface area contributed by atoms with Gasteiger partial charge in [0.15, 0.2) is 0 Å². The van der Waals surface area contributed by atoms with Gasteiger partial charge in [0.05, 0.1) is 18.9 Å². The average Bonchev–Trinajstić information content (AvgIpc) is 2.64. The first-order valence-electron chi connectivity index (χ1n) is 8.25. The first-order chi connectivity index (χ1) is 11.8. The predicted octanol–water partition coefficient (Wildman–Crippen LogP) is 2.36. The fourth-order valence-corrected chi connectivity index (χ4v) is 3.15. The molecule has 0 saturated carbocycles. The lowest BCUT2D eigenvalue weighted by molar-refractivity contribution is 0.122. The molecule has 1 aromatic carbocycles. The van der Waals surface area contributed by atoms with Crippen molar-refractivity contribution in [3.05, 3.63) is 40.5 Å². The molecule has 0 radical (unpaired) electrons. The number of benzene rings is 1. The van der Waals surface area contributed by atoms with Crippen LogP contribution in [0.15, 0.2) is 24.3 Å². The Bertz CT molecular complexity index is 716. The zero-order valence-electron chi connectivity index (χ0n) is 13.4. The highest BCUT2D eigenvalue weighted by molar-refractivity contribution is 6.30. The third-order valence-corrected chi connectivity index (χ3v) is 4.58. The summed E-state index contributed by atoms with van der Waals surface area (Å²) in [6.07, 6.45) is 0.925. The topological polar surface area (TPSA) is 62.3 Å². The van der Waals surface area contributed by atoms with Gasteiger partial charge in [-0.3, -0.25) is 0 Å². The molecule has 4 rings (SSSR count). The van der Waals surface area contributed by atoms with Gasteiger partial charge in [0, 0.05) is 35.9 Å². The second kappa shape index (κ2) is 6.93. The number of anilines is 3. The van der Waals surface area contributed by atoms with Gasteiger partial charge in [-0.05, 0) is 37.2 Å². The van der Waals surface area contributed by atoms with Crippen molar-refractivity contribution in [3.63, 3.8) is 0 Å². The van der Waals surface area contributed by atoms with E-state index in [-0.39, 0.29) is 0 Å². The van der Waals surface area contributed by atoms with Gasteiger partial charge in [-0.25, -0.2) is 4.98 Å². The van der Waals surface area contributed by atoms with Crippen molar-refractivity contribution in [2.24, 2.45) is 0 Å². The van der Waals surface area contributed by atoms with Gasteiger partial charge in [0.2, 0.25) is 5.95 Å². The average molecular weight is 346 g/mol. The summed E-state index contributed by atoms with van der Waals surface area (Å²) in [5.74, 6) is 1.67. The van der Waals surface area contributed by atoms with E-state index in [0.717, 1.165) is 74.0 Å². The minimum atomic E-state index is 0.721. The Morgan fingerprint density at radius 3 is 2.71 bits per heavy atom. The number of hydrogen-bond donors (Lipinski definition) is 2. The summed E-state index contributed by atoms with van der Waals surface area (Å²) in [7, 11) is 0. The minimum absolute atomic E-state index is 0.721. The maximum atomic E-state index is 5.98. The highest BCUT2D eigenvalue weighted by atomic mass is 35.5. The summed E-state index contributed by atoms with van der Waals surface area (Å²) in [6.45, 7) is 4.82. The molecule has 6 nitrogen and oxygen atoms in total. The van der Waals surface area contributed by atoms with Crippen LogP contribution in [0.2, 0.25) is 5.02 Å². The molecule has 126 valence electrons. The third kappa shape index (κ3) is 3.31. The summed E-state index contributed by atoms with van der Waals surface area (Å²) in [5, 5.41) is 7.56. The Labute approximate surface area is 146 Å². The molecule has 0 aliphatic carbocycles. The molecule has 2 aromatic rings. The Kier molecular flexibility index (Phi) is 4.51. The largest absolute Gasteiger partial charge is 0.378 e. The van der Waals surface area contributed by atoms with Crippen LogP contribution < -0.4 is 15.5 Å². The van der Waals surface area contributed by atoms with Crippen molar-refractivity contribution < 1.29 is 4.74 Å². The molecule has 7 heteroatoms. The lowest BCUT2D eigenvalue weighted by Crippen LogP contribution is -2.38. The van der Waals surface area contributed by atoms with Crippen molar-refractivity contribution in [1.29, 1.82) is 0 Å². The van der Waals surface area contributed by atoms with Gasteiger partial charge in [0.25, 0.3) is 0 Å². The van der Waals surface area contributed by atoms with Crippen LogP contribution in [0.1, 0.15) is 11.3 Å². The molecule has 2 aliphatic rings. The molecular weight excluding hydrogens is 326 g/mol. The number of nitrogens with one attached hydrogen (secondary N) is 2. The first-order valence-corrected chi connectivity index (χ1v) is 8.63. The quantitative estimate of drug-likeness (QED) is 0.890. The maximum absolute atomic E-state index is 5.98. The number of nitrogens with zero attached hydrogens (tertiary/aromatic N) is 3. The molecule has 2 aliphatic heterocycles. The van der Waals surface area contributed by atoms with Gasteiger partial charge in [0.1, 0.15) is 5.82 Å². The Balaban J connectivity index is 1.68. The lowest BCUT2D eigenvalue weighted by Gasteiger charge is -2.29. The van der Waals surface area contributed by atoms with E-state index in [1.165, 1.54) is 5.56 Å². The molecule has 3 heterocycles. The van der Waals surface area contributed by atoms with Gasteiger partial charge in [-0.2, -0.15) is 4.98 Å². The minimum Gasteiger partial charge on any atom is -0.378 e. The smallest absolute Gasteiger partial charge is 0.227 e. The molecule has 0 amide bonds. The Morgan fingerprint density at radius 1 is 1.12 bits per heavy atom. The van der Waals surface area contributed by atoms with Crippen LogP contribution in [0.3, 0.4) is 0 Å². The van der Waals surface area contributed by atoms with Crippen molar-refractivity contribution in [1.82, 2.24) is 15.3 Å². The second-order valence-electron chi connectivity index (χ2n) is 5.96. The van der Waals surface area contributed by atoms with Crippen LogP contribution in [0.25, 0.3) is 0 Å². The number of fused-ring (bicyclic) bond motifs is 1. The third-order valence-electron chi connectivity index (χ3n) is 4.33. The van der Waals surface area contributed by atoms with Crippen LogP contribution >= 0.6 is 11.6 Å². The van der Waals surface area contributed by atoms with E-state index in [9.17, 15) is 0 Å². The van der Waals surface area contributed by atoms with Crippen LogP contribution in [0.5, 0.6) is 0 Å². The van der Waals surface area contributed by atoms with Crippen molar-refractivity contribution in [2.45, 2.75) is 13.0 Å². The molecule has 1 aromatic heterocycles. The molecule has 2 N–H and O–H groups in total. The second-order valence-corrected chi connectivity index (χ2v) is 6.39. The highest BCUT2D eigenvalue weighted by Crippen LogP contribution is 2.27. The maximum Gasteiger partial charge on any atom is 0.227 e. The zero-order valence-corrected chi connectivity index (χ0v) is 14.1. The number of hydrogen-bond acceptors (Lipinski definition) is 6. The van der Waals surface area contributed by atoms with Crippen molar-refractivity contribution in [2.75, 3.05) is 43.1 Å². The van der Waals surface area contributed by atoms with Gasteiger partial charge >= 0.3 is 0 Å². The van der Waals surface area contributed by atoms with E-state index in [2.05, 4.69) is 15.5 Å². The molecule has 1 fully saturated rings. The monoisotopic (exact) mass is 345 g/mol. The van der Waals surface area contributed by atoms with Crippen LogP contribution in [-0.2, 0) is 17.7 Å². The molecule has 1 saturated heterocycles. The van der Waals surface area contributed by atoms with Crippen LogP contribution in [0, 0.1) is 0 Å². The lowest BCUT2D eigenvalue weighted by atomic mass is 10.1. The van der Waals surface area contributed by atoms with Crippen molar-refractivity contribution >= 4 is 29.1 Å². The fourth-order valence-electron chi connectivity index (χ4n) is 3.02. The fraction of sp³-hybridized carbons (Fsp3) is 0.412. The van der Waals surface area contributed by atoms with E-state index >= 15 is 0 Å². The molecule has 24 heavy (non-hydrogen) atoms.